The van der Waals surface area contributed by atoms with Crippen LogP contribution in [0.5, 0.6) is 0 Å². The molecule has 0 atom stereocenters. The molecule has 0 unspecified atom stereocenters. The quantitative estimate of drug-likeness (QED) is 0.590. The molecule has 0 aliphatic rings. The van der Waals surface area contributed by atoms with Crippen LogP contribution in [-0.4, -0.2) is 5.91 Å². The fourth-order valence-corrected chi connectivity index (χ4v) is 1.76. The first-order chi connectivity index (χ1) is 8.24. The van der Waals surface area contributed by atoms with Crippen LogP contribution in [-0.2, 0) is 10.3 Å². The second-order valence-corrected chi connectivity index (χ2v) is 5.70. The van der Waals surface area contributed by atoms with Crippen molar-refractivity contribution in [2.24, 2.45) is 5.73 Å². The third-order valence-corrected chi connectivity index (χ3v) is 3.08. The van der Waals surface area contributed by atoms with Gasteiger partial charge in [-0.3, -0.25) is 4.79 Å². The summed E-state index contributed by atoms with van der Waals surface area (Å²) in [4.78, 5) is 12.4. The van der Waals surface area contributed by atoms with Gasteiger partial charge in [-0.15, -0.1) is 12.6 Å². The Labute approximate surface area is 118 Å². The summed E-state index contributed by atoms with van der Waals surface area (Å²) in [6.45, 7) is 5.44. The predicted molar refractivity (Wildman–Crippen MR) is 78.5 cm³/mol. The minimum absolute atomic E-state index is 0.119. The second-order valence-electron chi connectivity index (χ2n) is 4.59. The number of hydrogen-bond acceptors (Lipinski definition) is 3. The number of carbonyl (C=O) groups excluding carboxylic acids is 1. The normalized spacial score (nSPS) is 12.9. The van der Waals surface area contributed by atoms with Crippen LogP contribution in [0.4, 0.5) is 0 Å². The number of benzene rings is 1. The van der Waals surface area contributed by atoms with E-state index in [0.29, 0.717) is 9.93 Å². The van der Waals surface area contributed by atoms with E-state index in [0.717, 1.165) is 5.56 Å². The average molecular weight is 285 g/mol. The maximum Gasteiger partial charge on any atom is 0.268 e. The summed E-state index contributed by atoms with van der Waals surface area (Å²) in [5.41, 5.74) is 6.11. The van der Waals surface area contributed by atoms with Gasteiger partial charge in [-0.05, 0) is 38.5 Å². The molecule has 0 spiro atoms. The Kier molecular flexibility index (Phi) is 4.71. The largest absolute Gasteiger partial charge is 0.394 e. The van der Waals surface area contributed by atoms with Crippen molar-refractivity contribution in [2.75, 3.05) is 0 Å². The van der Waals surface area contributed by atoms with E-state index in [1.807, 2.05) is 32.0 Å². The summed E-state index contributed by atoms with van der Waals surface area (Å²) in [7, 11) is 0. The molecule has 3 nitrogen and oxygen atoms in total. The van der Waals surface area contributed by atoms with E-state index in [9.17, 15) is 4.79 Å². The van der Waals surface area contributed by atoms with Crippen LogP contribution in [0.25, 0.3) is 0 Å². The molecule has 0 aliphatic carbocycles. The van der Waals surface area contributed by atoms with E-state index in [1.165, 1.54) is 0 Å². The molecule has 1 rings (SSSR count). The van der Waals surface area contributed by atoms with Crippen molar-refractivity contribution in [3.63, 3.8) is 0 Å². The van der Waals surface area contributed by atoms with Crippen LogP contribution in [0.15, 0.2) is 34.9 Å². The van der Waals surface area contributed by atoms with Crippen molar-refractivity contribution in [3.8, 4) is 0 Å². The smallest absolute Gasteiger partial charge is 0.268 e. The van der Waals surface area contributed by atoms with Crippen molar-refractivity contribution in [2.45, 2.75) is 26.3 Å². The van der Waals surface area contributed by atoms with E-state index >= 15 is 0 Å². The van der Waals surface area contributed by atoms with Gasteiger partial charge in [0.15, 0.2) is 0 Å². The molecule has 0 aliphatic heterocycles. The lowest BCUT2D eigenvalue weighted by Gasteiger charge is -2.27. The number of nitrogens with two attached hydrogens (primary N) is 1. The lowest BCUT2D eigenvalue weighted by molar-refractivity contribution is -0.119. The predicted octanol–water partition coefficient (Wildman–Crippen LogP) is 2.81. The first-order valence-corrected chi connectivity index (χ1v) is 6.30. The highest BCUT2D eigenvalue weighted by atomic mass is 35.5. The molecule has 1 aromatic rings. The molecule has 18 heavy (non-hydrogen) atoms. The summed E-state index contributed by atoms with van der Waals surface area (Å²) in [5, 5.41) is 3.48. The highest BCUT2D eigenvalue weighted by Crippen LogP contribution is 2.23. The average Bonchev–Trinajstić information content (AvgIpc) is 2.27. The number of rotatable bonds is 3. The van der Waals surface area contributed by atoms with Crippen LogP contribution in [0.2, 0.25) is 5.02 Å². The molecular formula is C13H17ClN2OS. The van der Waals surface area contributed by atoms with Gasteiger partial charge < -0.3 is 11.1 Å². The second kappa shape index (κ2) is 5.67. The van der Waals surface area contributed by atoms with E-state index in [1.54, 1.807) is 13.0 Å². The maximum atomic E-state index is 11.9. The summed E-state index contributed by atoms with van der Waals surface area (Å²) in [6, 6.07) is 7.35. The highest BCUT2D eigenvalue weighted by molar-refractivity contribution is 7.84. The Morgan fingerprint density at radius 2 is 2.06 bits per heavy atom. The summed E-state index contributed by atoms with van der Waals surface area (Å²) in [5.74, 6) is -0.340. The lowest BCUT2D eigenvalue weighted by atomic mass is 9.94. The third kappa shape index (κ3) is 3.68. The van der Waals surface area contributed by atoms with Gasteiger partial charge >= 0.3 is 0 Å². The molecule has 3 N–H and O–H groups in total. The number of carbonyl (C=O) groups is 1. The molecule has 0 heterocycles. The zero-order chi connectivity index (χ0) is 13.9. The topological polar surface area (TPSA) is 55.1 Å². The number of amides is 1. The zero-order valence-corrected chi connectivity index (χ0v) is 12.3. The molecule has 1 aromatic carbocycles. The standard InChI is InChI=1S/C13H17ClN2OS/c1-8(18)11(15)12(17)16-13(2,3)9-5-4-6-10(14)7-9/h4-7,18H,15H2,1-3H3,(H,16,17)/b11-8-. The Balaban J connectivity index is 2.96. The van der Waals surface area contributed by atoms with E-state index in [2.05, 4.69) is 17.9 Å². The summed E-state index contributed by atoms with van der Waals surface area (Å²) in [6.07, 6.45) is 0. The fourth-order valence-electron chi connectivity index (χ4n) is 1.46. The first kappa shape index (κ1) is 14.9. The van der Waals surface area contributed by atoms with Crippen molar-refractivity contribution in [1.82, 2.24) is 5.32 Å². The Hall–Kier alpha value is -1.13. The number of halogens is 1. The molecule has 1 amide bonds. The Bertz CT molecular complexity index is 494. The molecule has 98 valence electrons. The van der Waals surface area contributed by atoms with Crippen LogP contribution >= 0.6 is 24.2 Å². The van der Waals surface area contributed by atoms with Crippen molar-refractivity contribution in [3.05, 3.63) is 45.5 Å². The van der Waals surface area contributed by atoms with Gasteiger partial charge in [0.1, 0.15) is 5.70 Å². The molecule has 0 bridgehead atoms. The molecule has 5 heteroatoms. The summed E-state index contributed by atoms with van der Waals surface area (Å²) < 4.78 is 0. The van der Waals surface area contributed by atoms with Crippen molar-refractivity contribution < 1.29 is 4.79 Å². The monoisotopic (exact) mass is 284 g/mol. The lowest BCUT2D eigenvalue weighted by Crippen LogP contribution is -2.43. The van der Waals surface area contributed by atoms with Gasteiger partial charge in [-0.25, -0.2) is 0 Å². The molecule has 0 saturated carbocycles. The SMILES string of the molecule is C/C(S)=C(/N)C(=O)NC(C)(C)c1cccc(Cl)c1. The number of allylic oxidation sites excluding steroid dienone is 1. The maximum absolute atomic E-state index is 11.9. The molecule has 0 fully saturated rings. The summed E-state index contributed by atoms with van der Waals surface area (Å²) >= 11 is 10.00. The van der Waals surface area contributed by atoms with Crippen molar-refractivity contribution in [1.29, 1.82) is 0 Å². The zero-order valence-electron chi connectivity index (χ0n) is 10.6. The first-order valence-electron chi connectivity index (χ1n) is 5.48. The molecule has 0 aromatic heterocycles. The van der Waals surface area contributed by atoms with E-state index in [4.69, 9.17) is 17.3 Å². The van der Waals surface area contributed by atoms with Crippen molar-refractivity contribution >= 4 is 30.1 Å². The van der Waals surface area contributed by atoms with Gasteiger partial charge in [-0.1, -0.05) is 23.7 Å². The van der Waals surface area contributed by atoms with Crippen LogP contribution < -0.4 is 11.1 Å². The number of thiol groups is 1. The number of nitrogens with one attached hydrogen (secondary N) is 1. The fraction of sp³-hybridized carbons (Fsp3) is 0.308. The Morgan fingerprint density at radius 3 is 2.56 bits per heavy atom. The highest BCUT2D eigenvalue weighted by Gasteiger charge is 2.24. The minimum atomic E-state index is -0.560. The van der Waals surface area contributed by atoms with E-state index in [-0.39, 0.29) is 11.6 Å². The van der Waals surface area contributed by atoms with Gasteiger partial charge in [0, 0.05) is 9.93 Å². The van der Waals surface area contributed by atoms with Gasteiger partial charge in [0.05, 0.1) is 5.54 Å². The molecule has 0 saturated heterocycles. The Morgan fingerprint density at radius 1 is 1.44 bits per heavy atom. The van der Waals surface area contributed by atoms with Crippen LogP contribution in [0, 0.1) is 0 Å². The van der Waals surface area contributed by atoms with Gasteiger partial charge in [0.2, 0.25) is 0 Å². The third-order valence-electron chi connectivity index (χ3n) is 2.61. The van der Waals surface area contributed by atoms with Gasteiger partial charge in [0.25, 0.3) is 5.91 Å². The van der Waals surface area contributed by atoms with E-state index < -0.39 is 5.54 Å². The number of hydrogen-bond donors (Lipinski definition) is 3. The minimum Gasteiger partial charge on any atom is -0.394 e. The van der Waals surface area contributed by atoms with Gasteiger partial charge in [-0.2, -0.15) is 0 Å². The van der Waals surface area contributed by atoms with Crippen LogP contribution in [0.3, 0.4) is 0 Å². The molecular weight excluding hydrogens is 268 g/mol. The van der Waals surface area contributed by atoms with Crippen LogP contribution in [0.1, 0.15) is 26.3 Å². The molecule has 0 radical (unpaired) electrons.